The van der Waals surface area contributed by atoms with E-state index in [2.05, 4.69) is 25.2 Å². The summed E-state index contributed by atoms with van der Waals surface area (Å²) in [5.74, 6) is 0. The van der Waals surface area contributed by atoms with Crippen molar-refractivity contribution in [3.63, 3.8) is 0 Å². The number of hydrogen-bond donors (Lipinski definition) is 0. The molecular weight excluding hydrogens is 187 g/mol. The SMILES string of the molecule is CCCC1=CC=CC1.[Zr]. The maximum absolute atomic E-state index is 2.23. The first kappa shape index (κ1) is 9.36. The van der Waals surface area contributed by atoms with Gasteiger partial charge in [-0.25, -0.2) is 0 Å². The quantitative estimate of drug-likeness (QED) is 0.641. The van der Waals surface area contributed by atoms with E-state index >= 15 is 0 Å². The third-order valence-electron chi connectivity index (χ3n) is 1.42. The molecule has 0 spiro atoms. The molecular formula is C8H12Zr. The van der Waals surface area contributed by atoms with Gasteiger partial charge in [0.15, 0.2) is 0 Å². The summed E-state index contributed by atoms with van der Waals surface area (Å²) in [5, 5.41) is 0. The maximum atomic E-state index is 2.23. The van der Waals surface area contributed by atoms with Gasteiger partial charge < -0.3 is 0 Å². The zero-order chi connectivity index (χ0) is 5.82. The summed E-state index contributed by atoms with van der Waals surface area (Å²) in [6.07, 6.45) is 10.4. The van der Waals surface area contributed by atoms with Crippen molar-refractivity contribution in [3.8, 4) is 0 Å². The molecule has 0 bridgehead atoms. The molecule has 1 aliphatic rings. The normalized spacial score (nSPS) is 15.0. The van der Waals surface area contributed by atoms with Gasteiger partial charge in [0.2, 0.25) is 0 Å². The average molecular weight is 199 g/mol. The van der Waals surface area contributed by atoms with Crippen molar-refractivity contribution in [1.29, 1.82) is 0 Å². The third-order valence-corrected chi connectivity index (χ3v) is 1.42. The number of hydrogen-bond acceptors (Lipinski definition) is 0. The molecule has 48 valence electrons. The van der Waals surface area contributed by atoms with Crippen LogP contribution in [0.1, 0.15) is 26.2 Å². The van der Waals surface area contributed by atoms with Gasteiger partial charge in [0.25, 0.3) is 0 Å². The largest absolute Gasteiger partial charge is 0.0805 e. The Balaban J connectivity index is 0.000000640. The molecule has 0 saturated carbocycles. The first-order valence-corrected chi connectivity index (χ1v) is 3.28. The van der Waals surface area contributed by atoms with Crippen molar-refractivity contribution >= 4 is 0 Å². The summed E-state index contributed by atoms with van der Waals surface area (Å²) in [7, 11) is 0. The molecule has 0 atom stereocenters. The van der Waals surface area contributed by atoms with Crippen molar-refractivity contribution in [2.24, 2.45) is 0 Å². The molecule has 0 amide bonds. The average Bonchev–Trinajstić information content (AvgIpc) is 2.19. The molecule has 0 heterocycles. The Morgan fingerprint density at radius 2 is 2.33 bits per heavy atom. The summed E-state index contributed by atoms with van der Waals surface area (Å²) in [5.41, 5.74) is 1.59. The van der Waals surface area contributed by atoms with E-state index in [0.29, 0.717) is 0 Å². The second kappa shape index (κ2) is 5.17. The van der Waals surface area contributed by atoms with Gasteiger partial charge in [-0.3, -0.25) is 0 Å². The first-order valence-electron chi connectivity index (χ1n) is 3.28. The van der Waals surface area contributed by atoms with Crippen LogP contribution < -0.4 is 0 Å². The van der Waals surface area contributed by atoms with Crippen LogP contribution in [0.2, 0.25) is 0 Å². The summed E-state index contributed by atoms with van der Waals surface area (Å²) in [4.78, 5) is 0. The fraction of sp³-hybridized carbons (Fsp3) is 0.500. The number of allylic oxidation sites excluding steroid dienone is 4. The molecule has 0 aromatic heterocycles. The van der Waals surface area contributed by atoms with Gasteiger partial charge in [-0.15, -0.1) is 0 Å². The van der Waals surface area contributed by atoms with E-state index in [1.54, 1.807) is 5.57 Å². The summed E-state index contributed by atoms with van der Waals surface area (Å²) >= 11 is 0. The summed E-state index contributed by atoms with van der Waals surface area (Å²) in [6.45, 7) is 2.22. The third kappa shape index (κ3) is 3.15. The fourth-order valence-corrected chi connectivity index (χ4v) is 0.998. The Morgan fingerprint density at radius 1 is 1.56 bits per heavy atom. The van der Waals surface area contributed by atoms with Gasteiger partial charge in [0.05, 0.1) is 0 Å². The zero-order valence-electron chi connectivity index (χ0n) is 5.85. The van der Waals surface area contributed by atoms with E-state index in [0.717, 1.165) is 0 Å². The second-order valence-electron chi connectivity index (χ2n) is 2.21. The zero-order valence-corrected chi connectivity index (χ0v) is 8.31. The van der Waals surface area contributed by atoms with Crippen LogP contribution in [0.3, 0.4) is 0 Å². The van der Waals surface area contributed by atoms with Crippen LogP contribution in [0.25, 0.3) is 0 Å². The molecule has 1 rings (SSSR count). The molecule has 0 aromatic rings. The van der Waals surface area contributed by atoms with Crippen molar-refractivity contribution in [2.45, 2.75) is 26.2 Å². The minimum Gasteiger partial charge on any atom is -0.0805 e. The molecule has 0 aliphatic heterocycles. The molecule has 1 heteroatoms. The predicted octanol–water partition coefficient (Wildman–Crippen LogP) is 2.67. The van der Waals surface area contributed by atoms with Crippen LogP contribution in [-0.4, -0.2) is 0 Å². The van der Waals surface area contributed by atoms with E-state index in [9.17, 15) is 0 Å². The molecule has 0 aromatic carbocycles. The minimum atomic E-state index is 0. The van der Waals surface area contributed by atoms with Gasteiger partial charge in [-0.2, -0.15) is 0 Å². The van der Waals surface area contributed by atoms with Crippen LogP contribution >= 0.6 is 0 Å². The smallest absolute Gasteiger partial charge is 0 e. The van der Waals surface area contributed by atoms with Crippen LogP contribution in [0.5, 0.6) is 0 Å². The first-order chi connectivity index (χ1) is 3.93. The van der Waals surface area contributed by atoms with Crippen molar-refractivity contribution < 1.29 is 26.2 Å². The fourth-order valence-electron chi connectivity index (χ4n) is 0.998. The molecule has 0 unspecified atom stereocenters. The van der Waals surface area contributed by atoms with Crippen molar-refractivity contribution in [2.75, 3.05) is 0 Å². The molecule has 0 fully saturated rings. The van der Waals surface area contributed by atoms with Crippen LogP contribution in [0, 0.1) is 0 Å². The molecule has 0 N–H and O–H groups in total. The maximum Gasteiger partial charge on any atom is 0 e. The van der Waals surface area contributed by atoms with Crippen molar-refractivity contribution in [3.05, 3.63) is 23.8 Å². The molecule has 9 heavy (non-hydrogen) atoms. The molecule has 0 radical (unpaired) electrons. The number of rotatable bonds is 2. The summed E-state index contributed by atoms with van der Waals surface area (Å²) < 4.78 is 0. The minimum absolute atomic E-state index is 0. The Hall–Kier alpha value is 0.363. The van der Waals surface area contributed by atoms with E-state index in [1.807, 2.05) is 0 Å². The van der Waals surface area contributed by atoms with E-state index in [-0.39, 0.29) is 26.2 Å². The van der Waals surface area contributed by atoms with Crippen molar-refractivity contribution in [1.82, 2.24) is 0 Å². The van der Waals surface area contributed by atoms with Gasteiger partial charge >= 0.3 is 0 Å². The predicted molar refractivity (Wildman–Crippen MR) is 36.7 cm³/mol. The Bertz CT molecular complexity index is 123. The van der Waals surface area contributed by atoms with E-state index in [1.165, 1.54) is 19.3 Å². The summed E-state index contributed by atoms with van der Waals surface area (Å²) in [6, 6.07) is 0. The Kier molecular flexibility index (Phi) is 5.38. The Labute approximate surface area is 76.2 Å². The van der Waals surface area contributed by atoms with Gasteiger partial charge in [0, 0.05) is 26.2 Å². The Morgan fingerprint density at radius 3 is 2.78 bits per heavy atom. The van der Waals surface area contributed by atoms with Crippen LogP contribution in [0.4, 0.5) is 0 Å². The standard InChI is InChI=1S/C8H12.Zr/c1-2-5-8-6-3-4-7-8;/h3-4,6H,2,5,7H2,1H3;. The van der Waals surface area contributed by atoms with Crippen LogP contribution in [-0.2, 0) is 26.2 Å². The second-order valence-corrected chi connectivity index (χ2v) is 2.21. The van der Waals surface area contributed by atoms with E-state index in [4.69, 9.17) is 0 Å². The topological polar surface area (TPSA) is 0 Å². The molecule has 0 nitrogen and oxygen atoms in total. The molecule has 1 aliphatic carbocycles. The van der Waals surface area contributed by atoms with E-state index < -0.39 is 0 Å². The monoisotopic (exact) mass is 198 g/mol. The van der Waals surface area contributed by atoms with Gasteiger partial charge in [-0.05, 0) is 12.8 Å². The van der Waals surface area contributed by atoms with Gasteiger partial charge in [0.1, 0.15) is 0 Å². The van der Waals surface area contributed by atoms with Crippen LogP contribution in [0.15, 0.2) is 23.8 Å². The molecule has 0 saturated heterocycles. The van der Waals surface area contributed by atoms with Gasteiger partial charge in [-0.1, -0.05) is 37.1 Å².